The van der Waals surface area contributed by atoms with Crippen LogP contribution in [0.1, 0.15) is 16.1 Å². The molecular weight excluding hydrogens is 232 g/mol. The topological polar surface area (TPSA) is 65.7 Å². The van der Waals surface area contributed by atoms with Crippen molar-refractivity contribution in [3.05, 3.63) is 29.5 Å². The first-order valence-electron chi connectivity index (χ1n) is 5.60. The van der Waals surface area contributed by atoms with Crippen molar-refractivity contribution in [3.63, 3.8) is 0 Å². The zero-order chi connectivity index (χ0) is 13.4. The molecule has 0 bridgehead atoms. The van der Waals surface area contributed by atoms with Crippen molar-refractivity contribution in [2.75, 3.05) is 14.1 Å². The predicted molar refractivity (Wildman–Crippen MR) is 68.9 cm³/mol. The van der Waals surface area contributed by atoms with Gasteiger partial charge in [-0.1, -0.05) is 0 Å². The van der Waals surface area contributed by atoms with E-state index < -0.39 is 5.97 Å². The van der Waals surface area contributed by atoms with Gasteiger partial charge < -0.3 is 19.7 Å². The quantitative estimate of drug-likeness (QED) is 0.866. The van der Waals surface area contributed by atoms with Crippen LogP contribution in [0.25, 0.3) is 10.9 Å². The number of aryl methyl sites for hydroxylation is 1. The molecule has 1 aromatic carbocycles. The van der Waals surface area contributed by atoms with Gasteiger partial charge in [-0.3, -0.25) is 0 Å². The molecule has 0 radical (unpaired) electrons. The first-order chi connectivity index (χ1) is 8.41. The lowest BCUT2D eigenvalue weighted by Crippen LogP contribution is -2.16. The summed E-state index contributed by atoms with van der Waals surface area (Å²) in [4.78, 5) is 13.3. The van der Waals surface area contributed by atoms with Crippen molar-refractivity contribution < 1.29 is 15.0 Å². The van der Waals surface area contributed by atoms with E-state index in [9.17, 15) is 15.0 Å². The van der Waals surface area contributed by atoms with E-state index in [2.05, 4.69) is 0 Å². The van der Waals surface area contributed by atoms with Gasteiger partial charge in [-0.05, 0) is 32.3 Å². The lowest BCUT2D eigenvalue weighted by Gasteiger charge is -2.11. The summed E-state index contributed by atoms with van der Waals surface area (Å²) in [7, 11) is 5.62. The summed E-state index contributed by atoms with van der Waals surface area (Å²) < 4.78 is 1.86. The van der Waals surface area contributed by atoms with Crippen LogP contribution in [0.5, 0.6) is 5.75 Å². The summed E-state index contributed by atoms with van der Waals surface area (Å²) >= 11 is 0. The number of aromatic hydroxyl groups is 1. The van der Waals surface area contributed by atoms with E-state index in [1.54, 1.807) is 12.1 Å². The van der Waals surface area contributed by atoms with Crippen molar-refractivity contribution in [1.82, 2.24) is 9.47 Å². The minimum absolute atomic E-state index is 0.0759. The molecular formula is C13H16N2O3. The molecule has 2 rings (SSSR count). The minimum Gasteiger partial charge on any atom is -0.508 e. The van der Waals surface area contributed by atoms with Crippen molar-refractivity contribution in [2.45, 2.75) is 6.54 Å². The van der Waals surface area contributed by atoms with Crippen molar-refractivity contribution >= 4 is 16.9 Å². The maximum atomic E-state index is 11.4. The first-order valence-corrected chi connectivity index (χ1v) is 5.60. The molecule has 0 atom stereocenters. The van der Waals surface area contributed by atoms with Gasteiger partial charge in [-0.25, -0.2) is 4.79 Å². The fourth-order valence-corrected chi connectivity index (χ4v) is 2.21. The summed E-state index contributed by atoms with van der Waals surface area (Å²) in [6.45, 7) is 0.535. The Labute approximate surface area is 105 Å². The van der Waals surface area contributed by atoms with Crippen molar-refractivity contribution in [2.24, 2.45) is 7.05 Å². The maximum Gasteiger partial charge on any atom is 0.338 e. The van der Waals surface area contributed by atoms with Crippen molar-refractivity contribution in [1.29, 1.82) is 0 Å². The number of hydrogen-bond acceptors (Lipinski definition) is 3. The number of fused-ring (bicyclic) bond motifs is 1. The molecule has 0 aliphatic heterocycles. The third-order valence-corrected chi connectivity index (χ3v) is 2.98. The van der Waals surface area contributed by atoms with Crippen molar-refractivity contribution in [3.8, 4) is 5.75 Å². The van der Waals surface area contributed by atoms with E-state index in [1.165, 1.54) is 6.07 Å². The number of benzene rings is 1. The summed E-state index contributed by atoms with van der Waals surface area (Å²) in [5.41, 5.74) is 1.80. The van der Waals surface area contributed by atoms with Crippen LogP contribution in [0.3, 0.4) is 0 Å². The molecule has 0 fully saturated rings. The molecule has 0 aliphatic rings. The molecule has 0 unspecified atom stereocenters. The summed E-state index contributed by atoms with van der Waals surface area (Å²) in [6.07, 6.45) is 0. The SMILES string of the molecule is CN(C)Cc1c(C(=O)O)c2cc(O)ccc2n1C. The van der Waals surface area contributed by atoms with Crippen LogP contribution >= 0.6 is 0 Å². The largest absolute Gasteiger partial charge is 0.508 e. The second-order valence-corrected chi connectivity index (χ2v) is 4.63. The number of rotatable bonds is 3. The van der Waals surface area contributed by atoms with Gasteiger partial charge in [0.05, 0.1) is 5.56 Å². The number of nitrogens with zero attached hydrogens (tertiary/aromatic N) is 2. The van der Waals surface area contributed by atoms with Crippen LogP contribution in [-0.2, 0) is 13.6 Å². The Bertz CT molecular complexity index is 614. The zero-order valence-corrected chi connectivity index (χ0v) is 10.6. The number of carboxylic acids is 1. The van der Waals surface area contributed by atoms with E-state index in [4.69, 9.17) is 0 Å². The molecule has 5 heteroatoms. The van der Waals surface area contributed by atoms with Gasteiger partial charge in [0.25, 0.3) is 0 Å². The van der Waals surface area contributed by atoms with E-state index >= 15 is 0 Å². The summed E-state index contributed by atoms with van der Waals surface area (Å²) in [5, 5.41) is 19.4. The Morgan fingerprint density at radius 3 is 2.61 bits per heavy atom. The number of phenolic OH excluding ortho intramolecular Hbond substituents is 1. The van der Waals surface area contributed by atoms with Crippen LogP contribution in [0.15, 0.2) is 18.2 Å². The standard InChI is InChI=1S/C13H16N2O3/c1-14(2)7-11-12(13(17)18)9-6-8(16)4-5-10(9)15(11)3/h4-6,16H,7H2,1-3H3,(H,17,18). The Morgan fingerprint density at radius 1 is 1.39 bits per heavy atom. The first kappa shape index (κ1) is 12.4. The Kier molecular flexibility index (Phi) is 3.00. The highest BCUT2D eigenvalue weighted by atomic mass is 16.4. The highest BCUT2D eigenvalue weighted by molar-refractivity contribution is 6.05. The van der Waals surface area contributed by atoms with E-state index in [1.807, 2.05) is 30.6 Å². The third kappa shape index (κ3) is 1.93. The van der Waals surface area contributed by atoms with E-state index in [-0.39, 0.29) is 11.3 Å². The molecule has 5 nitrogen and oxygen atoms in total. The molecule has 0 spiro atoms. The van der Waals surface area contributed by atoms with Gasteiger partial charge in [-0.2, -0.15) is 0 Å². The second-order valence-electron chi connectivity index (χ2n) is 4.63. The molecule has 2 aromatic rings. The second kappa shape index (κ2) is 4.34. The number of aromatic nitrogens is 1. The highest BCUT2D eigenvalue weighted by Gasteiger charge is 2.21. The third-order valence-electron chi connectivity index (χ3n) is 2.98. The molecule has 0 amide bonds. The lowest BCUT2D eigenvalue weighted by molar-refractivity contribution is 0.0696. The zero-order valence-electron chi connectivity index (χ0n) is 10.6. The number of aromatic carboxylic acids is 1. The Balaban J connectivity index is 2.79. The fourth-order valence-electron chi connectivity index (χ4n) is 2.21. The van der Waals surface area contributed by atoms with Crippen LogP contribution < -0.4 is 0 Å². The smallest absolute Gasteiger partial charge is 0.338 e. The van der Waals surface area contributed by atoms with Gasteiger partial charge >= 0.3 is 5.97 Å². The van der Waals surface area contributed by atoms with Gasteiger partial charge in [0, 0.05) is 30.2 Å². The normalized spacial score (nSPS) is 11.3. The van der Waals surface area contributed by atoms with Crippen LogP contribution in [-0.4, -0.2) is 39.7 Å². The average molecular weight is 248 g/mol. The molecule has 1 aromatic heterocycles. The van der Waals surface area contributed by atoms with Crippen LogP contribution in [0.2, 0.25) is 0 Å². The molecule has 1 heterocycles. The Morgan fingerprint density at radius 2 is 2.06 bits per heavy atom. The molecule has 2 N–H and O–H groups in total. The molecule has 0 aliphatic carbocycles. The maximum absolute atomic E-state index is 11.4. The minimum atomic E-state index is -0.969. The lowest BCUT2D eigenvalue weighted by atomic mass is 10.1. The Hall–Kier alpha value is -2.01. The fraction of sp³-hybridized carbons (Fsp3) is 0.308. The number of carbonyl (C=O) groups is 1. The van der Waals surface area contributed by atoms with Gasteiger partial charge in [0.15, 0.2) is 0 Å². The van der Waals surface area contributed by atoms with Crippen LogP contribution in [0.4, 0.5) is 0 Å². The van der Waals surface area contributed by atoms with Gasteiger partial charge in [0.1, 0.15) is 5.75 Å². The van der Waals surface area contributed by atoms with E-state index in [0.717, 1.165) is 11.2 Å². The summed E-state index contributed by atoms with van der Waals surface area (Å²) in [5.74, 6) is -0.893. The van der Waals surface area contributed by atoms with E-state index in [0.29, 0.717) is 11.9 Å². The summed E-state index contributed by atoms with van der Waals surface area (Å²) in [6, 6.07) is 4.79. The molecule has 96 valence electrons. The molecule has 18 heavy (non-hydrogen) atoms. The molecule has 0 saturated heterocycles. The average Bonchev–Trinajstić information content (AvgIpc) is 2.51. The predicted octanol–water partition coefficient (Wildman–Crippen LogP) is 1.64. The van der Waals surface area contributed by atoms with Gasteiger partial charge in [0.2, 0.25) is 0 Å². The number of phenols is 1. The molecule has 0 saturated carbocycles. The monoisotopic (exact) mass is 248 g/mol. The number of carboxylic acid groups (broad SMARTS) is 1. The van der Waals surface area contributed by atoms with Gasteiger partial charge in [-0.15, -0.1) is 0 Å². The van der Waals surface area contributed by atoms with Crippen LogP contribution in [0, 0.1) is 0 Å². The highest BCUT2D eigenvalue weighted by Crippen LogP contribution is 2.29. The number of hydrogen-bond donors (Lipinski definition) is 2.